The van der Waals surface area contributed by atoms with E-state index in [1.807, 2.05) is 19.9 Å². The van der Waals surface area contributed by atoms with Crippen molar-refractivity contribution in [3.8, 4) is 0 Å². The maximum atomic E-state index is 11.4. The second-order valence-corrected chi connectivity index (χ2v) is 4.98. The van der Waals surface area contributed by atoms with Crippen molar-refractivity contribution in [2.45, 2.75) is 20.3 Å². The minimum absolute atomic E-state index is 0.128. The Morgan fingerprint density at radius 3 is 2.79 bits per heavy atom. The molecule has 0 spiro atoms. The first-order valence-corrected chi connectivity index (χ1v) is 6.12. The van der Waals surface area contributed by atoms with Gasteiger partial charge in [-0.1, -0.05) is 6.92 Å². The number of pyridine rings is 1. The fourth-order valence-electron chi connectivity index (χ4n) is 1.07. The van der Waals surface area contributed by atoms with Crippen LogP contribution in [0.25, 0.3) is 0 Å². The van der Waals surface area contributed by atoms with Crippen LogP contribution < -0.4 is 4.72 Å². The molecule has 0 aliphatic heterocycles. The van der Waals surface area contributed by atoms with Crippen LogP contribution >= 0.6 is 0 Å². The van der Waals surface area contributed by atoms with Gasteiger partial charge in [-0.25, -0.2) is 13.4 Å². The molecule has 0 saturated carbocycles. The van der Waals surface area contributed by atoms with Gasteiger partial charge in [0.05, 0.1) is 5.75 Å². The van der Waals surface area contributed by atoms with Crippen molar-refractivity contribution < 1.29 is 8.42 Å². The van der Waals surface area contributed by atoms with Crippen LogP contribution in [0, 0.1) is 6.92 Å². The Balaban J connectivity index is 2.79. The Kier molecular flexibility index (Phi) is 3.46. The highest BCUT2D eigenvalue weighted by molar-refractivity contribution is 7.92. The van der Waals surface area contributed by atoms with Crippen LogP contribution in [0.2, 0.25) is 0 Å². The molecule has 0 aliphatic carbocycles. The van der Waals surface area contributed by atoms with Crippen LogP contribution in [0.4, 0.5) is 5.82 Å². The van der Waals surface area contributed by atoms with Crippen molar-refractivity contribution in [1.82, 2.24) is 4.98 Å². The van der Waals surface area contributed by atoms with E-state index in [2.05, 4.69) is 9.71 Å². The zero-order chi connectivity index (χ0) is 10.6. The zero-order valence-electron chi connectivity index (χ0n) is 8.32. The number of hydrogen-bond acceptors (Lipinski definition) is 3. The molecule has 1 aromatic rings. The van der Waals surface area contributed by atoms with Crippen LogP contribution in [0.5, 0.6) is 0 Å². The number of aromatic nitrogens is 1. The molecular formula is C9H14N2O2S. The Labute approximate surface area is 84.4 Å². The second kappa shape index (κ2) is 4.41. The van der Waals surface area contributed by atoms with Gasteiger partial charge in [0.25, 0.3) is 0 Å². The van der Waals surface area contributed by atoms with Gasteiger partial charge in [0, 0.05) is 6.20 Å². The topological polar surface area (TPSA) is 59.1 Å². The van der Waals surface area contributed by atoms with Crippen molar-refractivity contribution in [2.75, 3.05) is 10.5 Å². The van der Waals surface area contributed by atoms with E-state index in [9.17, 15) is 8.42 Å². The molecule has 5 heteroatoms. The number of sulfonamides is 1. The van der Waals surface area contributed by atoms with E-state index in [0.29, 0.717) is 12.2 Å². The third kappa shape index (κ3) is 3.33. The molecule has 1 aromatic heterocycles. The summed E-state index contributed by atoms with van der Waals surface area (Å²) in [6, 6.07) is 3.52. The van der Waals surface area contributed by atoms with Crippen LogP contribution in [0.1, 0.15) is 18.9 Å². The SMILES string of the molecule is CCCS(=O)(=O)Nc1cc(C)ccn1. The van der Waals surface area contributed by atoms with Crippen molar-refractivity contribution in [1.29, 1.82) is 0 Å². The highest BCUT2D eigenvalue weighted by Gasteiger charge is 2.08. The first-order chi connectivity index (χ1) is 6.53. The number of nitrogens with one attached hydrogen (secondary N) is 1. The van der Waals surface area contributed by atoms with E-state index >= 15 is 0 Å². The first kappa shape index (κ1) is 11.0. The van der Waals surface area contributed by atoms with Crippen molar-refractivity contribution in [3.05, 3.63) is 23.9 Å². The summed E-state index contributed by atoms with van der Waals surface area (Å²) >= 11 is 0. The fraction of sp³-hybridized carbons (Fsp3) is 0.444. The standard InChI is InChI=1S/C9H14N2O2S/c1-3-6-14(12,13)11-9-7-8(2)4-5-10-9/h4-5,7H,3,6H2,1-2H3,(H,10,11). The van der Waals surface area contributed by atoms with E-state index in [4.69, 9.17) is 0 Å². The Morgan fingerprint density at radius 2 is 2.21 bits per heavy atom. The van der Waals surface area contributed by atoms with E-state index in [-0.39, 0.29) is 5.75 Å². The minimum atomic E-state index is -3.21. The maximum absolute atomic E-state index is 11.4. The van der Waals surface area contributed by atoms with Gasteiger partial charge < -0.3 is 0 Å². The molecule has 0 aromatic carbocycles. The lowest BCUT2D eigenvalue weighted by Gasteiger charge is -2.05. The molecule has 0 fully saturated rings. The highest BCUT2D eigenvalue weighted by atomic mass is 32.2. The third-order valence-electron chi connectivity index (χ3n) is 1.65. The minimum Gasteiger partial charge on any atom is -0.267 e. The van der Waals surface area contributed by atoms with Gasteiger partial charge in [-0.3, -0.25) is 4.72 Å². The average molecular weight is 214 g/mol. The van der Waals surface area contributed by atoms with Crippen molar-refractivity contribution >= 4 is 15.8 Å². The number of hydrogen-bond donors (Lipinski definition) is 1. The molecule has 0 radical (unpaired) electrons. The monoisotopic (exact) mass is 214 g/mol. The molecule has 0 bridgehead atoms. The quantitative estimate of drug-likeness (QED) is 0.827. The highest BCUT2D eigenvalue weighted by Crippen LogP contribution is 2.07. The van der Waals surface area contributed by atoms with Gasteiger partial charge in [0.15, 0.2) is 0 Å². The van der Waals surface area contributed by atoms with Gasteiger partial charge in [0.2, 0.25) is 10.0 Å². The summed E-state index contributed by atoms with van der Waals surface area (Å²) in [5, 5.41) is 0. The molecule has 1 rings (SSSR count). The molecular weight excluding hydrogens is 200 g/mol. The smallest absolute Gasteiger partial charge is 0.233 e. The van der Waals surface area contributed by atoms with Crippen LogP contribution in [0.3, 0.4) is 0 Å². The van der Waals surface area contributed by atoms with E-state index < -0.39 is 10.0 Å². The van der Waals surface area contributed by atoms with Gasteiger partial charge in [0.1, 0.15) is 5.82 Å². The summed E-state index contributed by atoms with van der Waals surface area (Å²) in [4.78, 5) is 3.92. The Morgan fingerprint density at radius 1 is 1.50 bits per heavy atom. The average Bonchev–Trinajstić information content (AvgIpc) is 2.02. The predicted molar refractivity (Wildman–Crippen MR) is 56.7 cm³/mol. The molecule has 78 valence electrons. The summed E-state index contributed by atoms with van der Waals surface area (Å²) in [6.07, 6.45) is 2.18. The Hall–Kier alpha value is -1.10. The summed E-state index contributed by atoms with van der Waals surface area (Å²) in [7, 11) is -3.21. The van der Waals surface area contributed by atoms with Crippen molar-refractivity contribution in [3.63, 3.8) is 0 Å². The van der Waals surface area contributed by atoms with Crippen molar-refractivity contribution in [2.24, 2.45) is 0 Å². The van der Waals surface area contributed by atoms with Gasteiger partial charge in [-0.15, -0.1) is 0 Å². The lowest BCUT2D eigenvalue weighted by atomic mass is 10.3. The number of rotatable bonds is 4. The van der Waals surface area contributed by atoms with Crippen LogP contribution in [-0.2, 0) is 10.0 Å². The van der Waals surface area contributed by atoms with E-state index in [1.165, 1.54) is 0 Å². The zero-order valence-corrected chi connectivity index (χ0v) is 9.13. The van der Waals surface area contributed by atoms with Crippen LogP contribution in [0.15, 0.2) is 18.3 Å². The number of anilines is 1. The van der Waals surface area contributed by atoms with Gasteiger partial charge >= 0.3 is 0 Å². The van der Waals surface area contributed by atoms with Crippen LogP contribution in [-0.4, -0.2) is 19.2 Å². The summed E-state index contributed by atoms with van der Waals surface area (Å²) in [5.41, 5.74) is 0.981. The Bertz CT molecular complexity index is 401. The largest absolute Gasteiger partial charge is 0.267 e. The van der Waals surface area contributed by atoms with Gasteiger partial charge in [-0.05, 0) is 31.0 Å². The number of aryl methyl sites for hydroxylation is 1. The van der Waals surface area contributed by atoms with E-state index in [1.54, 1.807) is 12.3 Å². The first-order valence-electron chi connectivity index (χ1n) is 4.46. The van der Waals surface area contributed by atoms with E-state index in [0.717, 1.165) is 5.56 Å². The summed E-state index contributed by atoms with van der Waals surface area (Å²) in [6.45, 7) is 3.71. The lowest BCUT2D eigenvalue weighted by molar-refractivity contribution is 0.599. The molecule has 0 unspecified atom stereocenters. The maximum Gasteiger partial charge on any atom is 0.233 e. The fourth-order valence-corrected chi connectivity index (χ4v) is 2.14. The lowest BCUT2D eigenvalue weighted by Crippen LogP contribution is -2.16. The normalized spacial score (nSPS) is 11.3. The van der Waals surface area contributed by atoms with Gasteiger partial charge in [-0.2, -0.15) is 0 Å². The molecule has 4 nitrogen and oxygen atoms in total. The molecule has 0 aliphatic rings. The summed E-state index contributed by atoms with van der Waals surface area (Å²) < 4.78 is 25.1. The molecule has 0 amide bonds. The molecule has 0 atom stereocenters. The third-order valence-corrected chi connectivity index (χ3v) is 3.11. The second-order valence-electron chi connectivity index (χ2n) is 3.14. The molecule has 1 N–H and O–H groups in total. The molecule has 14 heavy (non-hydrogen) atoms. The molecule has 0 saturated heterocycles. The summed E-state index contributed by atoms with van der Waals surface area (Å²) in [5.74, 6) is 0.515. The predicted octanol–water partition coefficient (Wildman–Crippen LogP) is 1.54. The molecule has 1 heterocycles. The number of nitrogens with zero attached hydrogens (tertiary/aromatic N) is 1.